The van der Waals surface area contributed by atoms with Gasteiger partial charge in [0.25, 0.3) is 0 Å². The second-order valence-corrected chi connectivity index (χ2v) is 3.87. The van der Waals surface area contributed by atoms with Gasteiger partial charge in [-0.2, -0.15) is 5.26 Å². The van der Waals surface area contributed by atoms with Crippen LogP contribution >= 0.6 is 0 Å². The molecule has 0 bridgehead atoms. The summed E-state index contributed by atoms with van der Waals surface area (Å²) in [5.41, 5.74) is 1.86. The number of ether oxygens (including phenoxy) is 1. The zero-order valence-electron chi connectivity index (χ0n) is 9.59. The largest absolute Gasteiger partial charge is 0.465 e. The lowest BCUT2D eigenvalue weighted by atomic mass is 9.80. The fourth-order valence-electron chi connectivity index (χ4n) is 2.08. The average Bonchev–Trinajstić information content (AvgIpc) is 2.37. The number of carbonyl (C=O) groups excluding carboxylic acids is 1. The maximum Gasteiger partial charge on any atom is 0.315 e. The summed E-state index contributed by atoms with van der Waals surface area (Å²) in [5.74, 6) is -1.26. The first-order chi connectivity index (χ1) is 8.27. The number of rotatable bonds is 2. The quantitative estimate of drug-likeness (QED) is 0.729. The maximum atomic E-state index is 11.9. The van der Waals surface area contributed by atoms with Crippen LogP contribution in [-0.2, 0) is 9.53 Å². The van der Waals surface area contributed by atoms with Crippen molar-refractivity contribution in [2.75, 3.05) is 6.61 Å². The highest BCUT2D eigenvalue weighted by atomic mass is 16.5. The first kappa shape index (κ1) is 11.4. The van der Waals surface area contributed by atoms with E-state index in [0.717, 1.165) is 11.1 Å². The minimum absolute atomic E-state index is 0.323. The molecule has 0 spiro atoms. The highest BCUT2D eigenvalue weighted by Gasteiger charge is 2.33. The van der Waals surface area contributed by atoms with Crippen LogP contribution in [-0.4, -0.2) is 12.6 Å². The van der Waals surface area contributed by atoms with E-state index < -0.39 is 11.8 Å². The number of benzene rings is 1. The monoisotopic (exact) mass is 227 g/mol. The van der Waals surface area contributed by atoms with E-state index in [9.17, 15) is 4.79 Å². The third kappa shape index (κ3) is 2.07. The Balaban J connectivity index is 2.43. The van der Waals surface area contributed by atoms with Crippen molar-refractivity contribution in [1.29, 1.82) is 5.26 Å². The van der Waals surface area contributed by atoms with Crippen molar-refractivity contribution in [2.24, 2.45) is 5.92 Å². The molecular weight excluding hydrogens is 214 g/mol. The molecule has 0 saturated carbocycles. The first-order valence-corrected chi connectivity index (χ1v) is 5.61. The van der Waals surface area contributed by atoms with E-state index in [-0.39, 0.29) is 5.97 Å². The van der Waals surface area contributed by atoms with Gasteiger partial charge >= 0.3 is 5.97 Å². The molecule has 0 radical (unpaired) electrons. The Kier molecular flexibility index (Phi) is 3.24. The molecule has 17 heavy (non-hydrogen) atoms. The van der Waals surface area contributed by atoms with E-state index in [1.54, 1.807) is 13.0 Å². The molecule has 3 heteroatoms. The van der Waals surface area contributed by atoms with Gasteiger partial charge in [-0.15, -0.1) is 0 Å². The molecule has 3 nitrogen and oxygen atoms in total. The molecule has 0 heterocycles. The van der Waals surface area contributed by atoms with Crippen molar-refractivity contribution in [3.8, 4) is 6.07 Å². The first-order valence-electron chi connectivity index (χ1n) is 5.61. The molecule has 0 aromatic heterocycles. The number of hydrogen-bond donors (Lipinski definition) is 0. The number of hydrogen-bond acceptors (Lipinski definition) is 3. The second-order valence-electron chi connectivity index (χ2n) is 3.87. The molecule has 0 fully saturated rings. The van der Waals surface area contributed by atoms with Crippen LogP contribution in [0.15, 0.2) is 30.3 Å². The molecule has 0 unspecified atom stereocenters. The van der Waals surface area contributed by atoms with Crippen LogP contribution in [0.4, 0.5) is 0 Å². The second kappa shape index (κ2) is 4.84. The van der Waals surface area contributed by atoms with Crippen LogP contribution in [0.1, 0.15) is 24.0 Å². The van der Waals surface area contributed by atoms with E-state index in [1.807, 2.05) is 30.3 Å². The predicted molar refractivity (Wildman–Crippen MR) is 64.0 cm³/mol. The molecule has 1 aromatic rings. The van der Waals surface area contributed by atoms with E-state index in [1.165, 1.54) is 0 Å². The summed E-state index contributed by atoms with van der Waals surface area (Å²) in [6.07, 6.45) is 3.66. The molecule has 1 aliphatic carbocycles. The van der Waals surface area contributed by atoms with Gasteiger partial charge in [-0.05, 0) is 18.1 Å². The summed E-state index contributed by atoms with van der Waals surface area (Å²) < 4.78 is 5.05. The molecule has 1 aliphatic rings. The normalized spacial score (nSPS) is 21.4. The van der Waals surface area contributed by atoms with Gasteiger partial charge in [0, 0.05) is 0 Å². The van der Waals surface area contributed by atoms with Crippen LogP contribution in [0, 0.1) is 17.2 Å². The van der Waals surface area contributed by atoms with Gasteiger partial charge in [-0.3, -0.25) is 4.79 Å². The van der Waals surface area contributed by atoms with Gasteiger partial charge in [-0.1, -0.05) is 36.4 Å². The topological polar surface area (TPSA) is 50.1 Å². The summed E-state index contributed by atoms with van der Waals surface area (Å²) >= 11 is 0. The molecule has 0 saturated heterocycles. The van der Waals surface area contributed by atoms with E-state index >= 15 is 0 Å². The van der Waals surface area contributed by atoms with Crippen molar-refractivity contribution in [2.45, 2.75) is 12.8 Å². The van der Waals surface area contributed by atoms with Crippen LogP contribution in [0.25, 0.3) is 6.08 Å². The Hall–Kier alpha value is -2.08. The van der Waals surface area contributed by atoms with Crippen LogP contribution < -0.4 is 0 Å². The van der Waals surface area contributed by atoms with Crippen molar-refractivity contribution < 1.29 is 9.53 Å². The summed E-state index contributed by atoms with van der Waals surface area (Å²) in [4.78, 5) is 11.9. The van der Waals surface area contributed by atoms with Crippen molar-refractivity contribution >= 4 is 12.0 Å². The summed E-state index contributed by atoms with van der Waals surface area (Å²) in [7, 11) is 0. The molecule has 1 aromatic carbocycles. The summed E-state index contributed by atoms with van der Waals surface area (Å²) in [6.45, 7) is 2.10. The summed E-state index contributed by atoms with van der Waals surface area (Å²) in [5, 5.41) is 9.10. The number of fused-ring (bicyclic) bond motifs is 1. The van der Waals surface area contributed by atoms with Gasteiger partial charge in [0.2, 0.25) is 0 Å². The fourth-order valence-corrected chi connectivity index (χ4v) is 2.08. The van der Waals surface area contributed by atoms with Gasteiger partial charge in [-0.25, -0.2) is 0 Å². The van der Waals surface area contributed by atoms with Crippen molar-refractivity contribution in [3.63, 3.8) is 0 Å². The lowest BCUT2D eigenvalue weighted by molar-refractivity contribution is -0.145. The Labute approximate surface area is 100 Å². The minimum Gasteiger partial charge on any atom is -0.465 e. The number of carbonyl (C=O) groups is 1. The van der Waals surface area contributed by atoms with Crippen molar-refractivity contribution in [3.05, 3.63) is 41.5 Å². The number of esters is 1. The Morgan fingerprint density at radius 3 is 2.94 bits per heavy atom. The highest BCUT2D eigenvalue weighted by Crippen LogP contribution is 2.34. The smallest absolute Gasteiger partial charge is 0.315 e. The molecule has 86 valence electrons. The van der Waals surface area contributed by atoms with Gasteiger partial charge < -0.3 is 4.74 Å². The van der Waals surface area contributed by atoms with Crippen molar-refractivity contribution in [1.82, 2.24) is 0 Å². The van der Waals surface area contributed by atoms with E-state index in [2.05, 4.69) is 6.07 Å². The molecule has 2 atom stereocenters. The SMILES string of the molecule is CCOC(=O)[C@H]1c2ccccc2C=C[C@@H]1C#N. The maximum absolute atomic E-state index is 11.9. The third-order valence-corrected chi connectivity index (χ3v) is 2.86. The fraction of sp³-hybridized carbons (Fsp3) is 0.286. The average molecular weight is 227 g/mol. The Morgan fingerprint density at radius 2 is 2.24 bits per heavy atom. The van der Waals surface area contributed by atoms with Gasteiger partial charge in [0.1, 0.15) is 5.92 Å². The zero-order chi connectivity index (χ0) is 12.3. The van der Waals surface area contributed by atoms with Crippen LogP contribution in [0.3, 0.4) is 0 Å². The standard InChI is InChI=1S/C14H13NO2/c1-2-17-14(16)13-11(9-15)8-7-10-5-3-4-6-12(10)13/h3-8,11,13H,2H2,1H3/t11-,13-/m1/s1. The third-order valence-electron chi connectivity index (χ3n) is 2.86. The number of nitrogens with zero attached hydrogens (tertiary/aromatic N) is 1. The number of allylic oxidation sites excluding steroid dienone is 1. The highest BCUT2D eigenvalue weighted by molar-refractivity contribution is 5.83. The molecule has 0 N–H and O–H groups in total. The van der Waals surface area contributed by atoms with Crippen LogP contribution in [0.5, 0.6) is 0 Å². The zero-order valence-corrected chi connectivity index (χ0v) is 9.59. The lowest BCUT2D eigenvalue weighted by Gasteiger charge is -2.23. The number of nitriles is 1. The van der Waals surface area contributed by atoms with Gasteiger partial charge in [0.15, 0.2) is 0 Å². The van der Waals surface area contributed by atoms with Gasteiger partial charge in [0.05, 0.1) is 18.6 Å². The molecular formula is C14H13NO2. The summed E-state index contributed by atoms with van der Waals surface area (Å²) in [6, 6.07) is 9.75. The minimum atomic E-state index is -0.499. The Morgan fingerprint density at radius 1 is 1.47 bits per heavy atom. The molecule has 0 aliphatic heterocycles. The van der Waals surface area contributed by atoms with E-state index in [4.69, 9.17) is 10.00 Å². The molecule has 0 amide bonds. The predicted octanol–water partition coefficient (Wildman–Crippen LogP) is 2.50. The van der Waals surface area contributed by atoms with E-state index in [0.29, 0.717) is 6.61 Å². The lowest BCUT2D eigenvalue weighted by Crippen LogP contribution is -2.24. The van der Waals surface area contributed by atoms with Crippen LogP contribution in [0.2, 0.25) is 0 Å². The molecule has 2 rings (SSSR count). The Bertz CT molecular complexity index is 499.